The average Bonchev–Trinajstić information content (AvgIpc) is 2.14. The molecule has 0 atom stereocenters. The van der Waals surface area contributed by atoms with Gasteiger partial charge in [-0.3, -0.25) is 10.1 Å². The van der Waals surface area contributed by atoms with Gasteiger partial charge >= 0.3 is 14.6 Å². The summed E-state index contributed by atoms with van der Waals surface area (Å²) >= 11 is 3.26. The number of amides is 3. The largest absolute Gasteiger partial charge is 0.351 e. The van der Waals surface area contributed by atoms with Crippen LogP contribution in [0.25, 0.3) is 0 Å². The number of rotatable bonds is 3. The second kappa shape index (κ2) is 8.83. The van der Waals surface area contributed by atoms with Gasteiger partial charge in [0.15, 0.2) is 0 Å². The standard InChI is InChI=1S/C7H13BrN2O2.H3O3P/c1-3-7(8,4-2)5(11)10-6(9)12;1-4(2)3/h3-4H2,1-2H3,(H3,9,10,11,12);1-3H. The number of carbonyl (C=O) groups is 2. The molecule has 16 heavy (non-hydrogen) atoms. The van der Waals surface area contributed by atoms with Gasteiger partial charge in [-0.05, 0) is 12.8 Å². The topological polar surface area (TPSA) is 133 Å². The molecule has 0 aromatic heterocycles. The fourth-order valence-electron chi connectivity index (χ4n) is 0.795. The summed E-state index contributed by atoms with van der Waals surface area (Å²) in [7, 11) is -2.62. The number of imide groups is 1. The van der Waals surface area contributed by atoms with Crippen LogP contribution < -0.4 is 11.1 Å². The lowest BCUT2D eigenvalue weighted by molar-refractivity contribution is -0.122. The highest BCUT2D eigenvalue weighted by molar-refractivity contribution is 9.10. The van der Waals surface area contributed by atoms with E-state index in [1.54, 1.807) is 0 Å². The number of alkyl halides is 1. The first-order valence-corrected chi connectivity index (χ1v) is 6.35. The molecular weight excluding hydrogens is 303 g/mol. The maximum Gasteiger partial charge on any atom is 0.324 e. The number of hydrogen-bond donors (Lipinski definition) is 5. The van der Waals surface area contributed by atoms with Crippen LogP contribution in [0.3, 0.4) is 0 Å². The van der Waals surface area contributed by atoms with Gasteiger partial charge in [0, 0.05) is 0 Å². The Morgan fingerprint density at radius 2 is 1.62 bits per heavy atom. The van der Waals surface area contributed by atoms with Gasteiger partial charge in [-0.1, -0.05) is 29.8 Å². The van der Waals surface area contributed by atoms with Crippen molar-refractivity contribution < 1.29 is 24.3 Å². The van der Waals surface area contributed by atoms with Crippen molar-refractivity contribution in [3.8, 4) is 0 Å². The molecule has 0 fully saturated rings. The summed E-state index contributed by atoms with van der Waals surface area (Å²) in [5, 5.41) is 2.04. The highest BCUT2D eigenvalue weighted by Gasteiger charge is 2.32. The normalized spacial score (nSPS) is 10.4. The van der Waals surface area contributed by atoms with Crippen LogP contribution in [0.1, 0.15) is 26.7 Å². The van der Waals surface area contributed by atoms with Crippen molar-refractivity contribution in [2.75, 3.05) is 0 Å². The summed E-state index contributed by atoms with van der Waals surface area (Å²) in [4.78, 5) is 43.3. The molecule has 0 bridgehead atoms. The molecule has 0 unspecified atom stereocenters. The van der Waals surface area contributed by atoms with Gasteiger partial charge in [0.25, 0.3) is 0 Å². The number of hydrogen-bond acceptors (Lipinski definition) is 5. The third-order valence-electron chi connectivity index (χ3n) is 1.76. The van der Waals surface area contributed by atoms with E-state index in [1.807, 2.05) is 19.2 Å². The summed E-state index contributed by atoms with van der Waals surface area (Å²) in [6, 6.07) is -0.814. The second-order valence-electron chi connectivity index (χ2n) is 2.76. The Kier molecular flexibility index (Phi) is 10.00. The monoisotopic (exact) mass is 318 g/mol. The van der Waals surface area contributed by atoms with Crippen LogP contribution in [-0.2, 0) is 4.79 Å². The Morgan fingerprint density at radius 1 is 1.31 bits per heavy atom. The maximum atomic E-state index is 11.3. The third-order valence-corrected chi connectivity index (χ3v) is 3.25. The van der Waals surface area contributed by atoms with E-state index < -0.39 is 19.0 Å². The lowest BCUT2D eigenvalue weighted by atomic mass is 10.0. The number of primary amides is 1. The van der Waals surface area contributed by atoms with Gasteiger partial charge in [0.2, 0.25) is 5.91 Å². The fourth-order valence-corrected chi connectivity index (χ4v) is 0.894. The van der Waals surface area contributed by atoms with E-state index in [4.69, 9.17) is 20.4 Å². The smallest absolute Gasteiger partial charge is 0.324 e. The maximum absolute atomic E-state index is 11.3. The van der Waals surface area contributed by atoms with Crippen LogP contribution in [0, 0.1) is 0 Å². The van der Waals surface area contributed by atoms with E-state index in [1.165, 1.54) is 0 Å². The van der Waals surface area contributed by atoms with E-state index in [9.17, 15) is 9.59 Å². The van der Waals surface area contributed by atoms with Gasteiger partial charge in [-0.15, -0.1) is 0 Å². The predicted octanol–water partition coefficient (Wildman–Crippen LogP) is 0.325. The first kappa shape index (κ1) is 18.1. The summed E-state index contributed by atoms with van der Waals surface area (Å²) < 4.78 is -0.665. The van der Waals surface area contributed by atoms with Crippen LogP contribution in [0.4, 0.5) is 4.79 Å². The lowest BCUT2D eigenvalue weighted by Crippen LogP contribution is -2.46. The minimum absolute atomic E-state index is 0.375. The van der Waals surface area contributed by atoms with Crippen molar-refractivity contribution >= 4 is 36.5 Å². The molecule has 0 radical (unpaired) electrons. The second-order valence-corrected chi connectivity index (χ2v) is 4.81. The zero-order valence-corrected chi connectivity index (χ0v) is 11.5. The van der Waals surface area contributed by atoms with Gasteiger partial charge in [0.05, 0.1) is 0 Å². The van der Waals surface area contributed by atoms with Crippen molar-refractivity contribution in [1.29, 1.82) is 0 Å². The number of halogens is 1. The molecule has 0 aromatic rings. The molecule has 0 rings (SSSR count). The van der Waals surface area contributed by atoms with Crippen LogP contribution in [-0.4, -0.2) is 30.9 Å². The van der Waals surface area contributed by atoms with E-state index in [-0.39, 0.29) is 5.91 Å². The van der Waals surface area contributed by atoms with Crippen molar-refractivity contribution in [2.45, 2.75) is 31.0 Å². The van der Waals surface area contributed by atoms with Crippen LogP contribution in [0.2, 0.25) is 0 Å². The van der Waals surface area contributed by atoms with E-state index in [2.05, 4.69) is 15.9 Å². The van der Waals surface area contributed by atoms with Crippen LogP contribution in [0.5, 0.6) is 0 Å². The van der Waals surface area contributed by atoms with Crippen molar-refractivity contribution in [3.05, 3.63) is 0 Å². The molecule has 0 saturated carbocycles. The minimum Gasteiger partial charge on any atom is -0.351 e. The number of urea groups is 1. The molecule has 0 heterocycles. The molecule has 0 saturated heterocycles. The fraction of sp³-hybridized carbons (Fsp3) is 0.714. The van der Waals surface area contributed by atoms with E-state index >= 15 is 0 Å². The van der Waals surface area contributed by atoms with Crippen molar-refractivity contribution in [1.82, 2.24) is 5.32 Å². The lowest BCUT2D eigenvalue weighted by Gasteiger charge is -2.21. The molecule has 0 aliphatic carbocycles. The van der Waals surface area contributed by atoms with Crippen LogP contribution >= 0.6 is 24.5 Å². The molecule has 6 N–H and O–H groups in total. The SMILES string of the molecule is CCC(Br)(CC)C(=O)NC(N)=O.OP(O)O. The predicted molar refractivity (Wildman–Crippen MR) is 63.5 cm³/mol. The highest BCUT2D eigenvalue weighted by Crippen LogP contribution is 2.26. The Balaban J connectivity index is 0. The molecule has 96 valence electrons. The third kappa shape index (κ3) is 8.99. The van der Waals surface area contributed by atoms with Crippen molar-refractivity contribution in [2.24, 2.45) is 5.73 Å². The summed E-state index contributed by atoms with van der Waals surface area (Å²) in [6.45, 7) is 3.72. The Labute approximate surface area is 103 Å². The summed E-state index contributed by atoms with van der Waals surface area (Å²) in [5.74, 6) is -0.375. The zero-order valence-electron chi connectivity index (χ0n) is 8.97. The Hall–Kier alpha value is -0.270. The molecule has 3 amide bonds. The van der Waals surface area contributed by atoms with Crippen molar-refractivity contribution in [3.63, 3.8) is 0 Å². The molecule has 0 aromatic carbocycles. The molecule has 7 nitrogen and oxygen atoms in total. The first-order valence-electron chi connectivity index (χ1n) is 4.36. The molecule has 0 spiro atoms. The van der Waals surface area contributed by atoms with Gasteiger partial charge < -0.3 is 20.4 Å². The molecular formula is C7H16BrN2O5P. The number of nitrogens with two attached hydrogens (primary N) is 1. The Morgan fingerprint density at radius 3 is 1.81 bits per heavy atom. The zero-order chi connectivity index (χ0) is 13.4. The Bertz CT molecular complexity index is 232. The van der Waals surface area contributed by atoms with E-state index in [0.29, 0.717) is 12.8 Å². The molecule has 0 aliphatic heterocycles. The molecule has 0 aliphatic rings. The summed E-state index contributed by atoms with van der Waals surface area (Å²) in [5.41, 5.74) is 4.81. The highest BCUT2D eigenvalue weighted by atomic mass is 79.9. The first-order chi connectivity index (χ1) is 7.19. The van der Waals surface area contributed by atoms with Gasteiger partial charge in [-0.2, -0.15) is 0 Å². The minimum atomic E-state index is -2.62. The average molecular weight is 319 g/mol. The quantitative estimate of drug-likeness (QED) is 0.377. The van der Waals surface area contributed by atoms with E-state index in [0.717, 1.165) is 0 Å². The van der Waals surface area contributed by atoms with Gasteiger partial charge in [0.1, 0.15) is 4.32 Å². The number of carbonyl (C=O) groups excluding carboxylic acids is 2. The van der Waals surface area contributed by atoms with Crippen LogP contribution in [0.15, 0.2) is 0 Å². The van der Waals surface area contributed by atoms with Gasteiger partial charge in [-0.25, -0.2) is 4.79 Å². The summed E-state index contributed by atoms with van der Waals surface area (Å²) in [6.07, 6.45) is 1.23. The molecule has 9 heteroatoms. The number of nitrogens with one attached hydrogen (secondary N) is 1.